The molecular formula is C22H22N6. The number of benzene rings is 2. The van der Waals surface area contributed by atoms with Crippen molar-refractivity contribution in [2.45, 2.75) is 6.92 Å². The van der Waals surface area contributed by atoms with Crippen LogP contribution in [-0.4, -0.2) is 36.1 Å². The van der Waals surface area contributed by atoms with Crippen LogP contribution in [0.5, 0.6) is 0 Å². The van der Waals surface area contributed by atoms with Crippen LogP contribution in [0.3, 0.4) is 0 Å². The number of nitrogens with zero attached hydrogens (tertiary/aromatic N) is 5. The molecule has 0 spiro atoms. The first-order valence-electron chi connectivity index (χ1n) is 9.39. The van der Waals surface area contributed by atoms with E-state index in [0.717, 1.165) is 43.4 Å². The summed E-state index contributed by atoms with van der Waals surface area (Å²) in [6, 6.07) is 22.0. The zero-order valence-corrected chi connectivity index (χ0v) is 15.8. The molecule has 1 aromatic heterocycles. The molecule has 0 unspecified atom stereocenters. The average Bonchev–Trinajstić information content (AvgIpc) is 2.75. The number of nitrogens with one attached hydrogen (secondary N) is 1. The smallest absolute Gasteiger partial charge is 0.229 e. The third-order valence-corrected chi connectivity index (χ3v) is 4.84. The van der Waals surface area contributed by atoms with Gasteiger partial charge in [-0.3, -0.25) is 0 Å². The lowest BCUT2D eigenvalue weighted by molar-refractivity contribution is 0.647. The normalized spacial score (nSPS) is 13.9. The fraction of sp³-hybridized carbons (Fsp3) is 0.227. The number of hydrogen-bond acceptors (Lipinski definition) is 6. The van der Waals surface area contributed by atoms with Crippen molar-refractivity contribution in [1.29, 1.82) is 5.26 Å². The molecule has 3 aromatic rings. The Morgan fingerprint density at radius 2 is 1.57 bits per heavy atom. The number of para-hydroxylation sites is 1. The summed E-state index contributed by atoms with van der Waals surface area (Å²) in [5.74, 6) is 1.52. The van der Waals surface area contributed by atoms with Crippen LogP contribution in [0.2, 0.25) is 0 Å². The molecule has 0 radical (unpaired) electrons. The van der Waals surface area contributed by atoms with Crippen molar-refractivity contribution in [3.63, 3.8) is 0 Å². The lowest BCUT2D eigenvalue weighted by Crippen LogP contribution is -2.46. The number of aromatic nitrogens is 2. The fourth-order valence-electron chi connectivity index (χ4n) is 3.36. The van der Waals surface area contributed by atoms with Crippen LogP contribution in [-0.2, 0) is 0 Å². The van der Waals surface area contributed by atoms with E-state index < -0.39 is 0 Å². The highest BCUT2D eigenvalue weighted by Crippen LogP contribution is 2.22. The molecule has 1 saturated heterocycles. The molecule has 1 N–H and O–H groups in total. The molecule has 6 heteroatoms. The lowest BCUT2D eigenvalue weighted by atomic mass is 10.2. The molecule has 1 aliphatic rings. The second-order valence-electron chi connectivity index (χ2n) is 6.81. The van der Waals surface area contributed by atoms with Gasteiger partial charge < -0.3 is 15.1 Å². The zero-order valence-electron chi connectivity index (χ0n) is 15.8. The van der Waals surface area contributed by atoms with Crippen molar-refractivity contribution in [3.05, 3.63) is 71.9 Å². The Morgan fingerprint density at radius 1 is 0.893 bits per heavy atom. The minimum absolute atomic E-state index is 0.574. The van der Waals surface area contributed by atoms with Gasteiger partial charge in [0, 0.05) is 49.3 Å². The Morgan fingerprint density at radius 3 is 2.25 bits per heavy atom. The van der Waals surface area contributed by atoms with Crippen molar-refractivity contribution in [2.24, 2.45) is 0 Å². The van der Waals surface area contributed by atoms with Gasteiger partial charge in [-0.25, -0.2) is 4.98 Å². The van der Waals surface area contributed by atoms with E-state index in [2.05, 4.69) is 50.4 Å². The van der Waals surface area contributed by atoms with Crippen molar-refractivity contribution in [3.8, 4) is 6.07 Å². The van der Waals surface area contributed by atoms with Gasteiger partial charge in [0.05, 0.1) is 11.6 Å². The first kappa shape index (κ1) is 17.8. The van der Waals surface area contributed by atoms with Crippen molar-refractivity contribution < 1.29 is 0 Å². The molecular weight excluding hydrogens is 348 g/mol. The number of hydrogen-bond donors (Lipinski definition) is 1. The summed E-state index contributed by atoms with van der Waals surface area (Å²) in [4.78, 5) is 13.9. The van der Waals surface area contributed by atoms with Gasteiger partial charge in [-0.15, -0.1) is 0 Å². The van der Waals surface area contributed by atoms with Crippen LogP contribution in [0.4, 0.5) is 23.1 Å². The maximum absolute atomic E-state index is 8.92. The Hall–Kier alpha value is -3.59. The minimum atomic E-state index is 0.574. The summed E-state index contributed by atoms with van der Waals surface area (Å²) in [5, 5.41) is 12.2. The summed E-state index contributed by atoms with van der Waals surface area (Å²) in [5.41, 5.74) is 3.69. The predicted molar refractivity (Wildman–Crippen MR) is 112 cm³/mol. The van der Waals surface area contributed by atoms with Crippen LogP contribution in [0.25, 0.3) is 0 Å². The molecule has 1 aliphatic heterocycles. The van der Waals surface area contributed by atoms with Crippen molar-refractivity contribution in [2.75, 3.05) is 41.3 Å². The molecule has 0 aliphatic carbocycles. The largest absolute Gasteiger partial charge is 0.368 e. The minimum Gasteiger partial charge on any atom is -0.368 e. The van der Waals surface area contributed by atoms with Gasteiger partial charge in [-0.1, -0.05) is 18.2 Å². The Bertz CT molecular complexity index is 970. The number of nitriles is 1. The van der Waals surface area contributed by atoms with Crippen LogP contribution >= 0.6 is 0 Å². The third-order valence-electron chi connectivity index (χ3n) is 4.84. The summed E-state index contributed by atoms with van der Waals surface area (Å²) in [6.07, 6.45) is 0. The standard InChI is InChI=1S/C22H22N6/c1-17-15-21(26-22(24-17)25-19-9-7-18(16-23)8-10-19)28-13-11-27(12-14-28)20-5-3-2-4-6-20/h2-10,15H,11-14H2,1H3,(H,24,25,26). The van der Waals surface area contributed by atoms with Crippen LogP contribution < -0.4 is 15.1 Å². The number of piperazine rings is 1. The van der Waals surface area contributed by atoms with E-state index >= 15 is 0 Å². The van der Waals surface area contributed by atoms with Crippen molar-refractivity contribution in [1.82, 2.24) is 9.97 Å². The van der Waals surface area contributed by atoms with E-state index in [1.807, 2.05) is 31.2 Å². The monoisotopic (exact) mass is 370 g/mol. The quantitative estimate of drug-likeness (QED) is 0.755. The summed E-state index contributed by atoms with van der Waals surface area (Å²) in [7, 11) is 0. The molecule has 2 heterocycles. The van der Waals surface area contributed by atoms with Gasteiger partial charge in [0.15, 0.2) is 0 Å². The number of aryl methyl sites for hydroxylation is 1. The predicted octanol–water partition coefficient (Wildman–Crippen LogP) is 3.73. The molecule has 0 saturated carbocycles. The number of rotatable bonds is 4. The van der Waals surface area contributed by atoms with E-state index in [4.69, 9.17) is 10.2 Å². The Balaban J connectivity index is 1.46. The average molecular weight is 370 g/mol. The highest BCUT2D eigenvalue weighted by molar-refractivity contribution is 5.57. The van der Waals surface area contributed by atoms with Gasteiger partial charge in [0.25, 0.3) is 0 Å². The Labute approximate surface area is 165 Å². The van der Waals surface area contributed by atoms with E-state index in [1.165, 1.54) is 5.69 Å². The molecule has 0 amide bonds. The molecule has 4 rings (SSSR count). The van der Waals surface area contributed by atoms with E-state index in [-0.39, 0.29) is 0 Å². The maximum atomic E-state index is 8.92. The van der Waals surface area contributed by atoms with Gasteiger partial charge in [0.2, 0.25) is 5.95 Å². The highest BCUT2D eigenvalue weighted by Gasteiger charge is 2.19. The second-order valence-corrected chi connectivity index (χ2v) is 6.81. The van der Waals surface area contributed by atoms with Gasteiger partial charge >= 0.3 is 0 Å². The molecule has 140 valence electrons. The van der Waals surface area contributed by atoms with Gasteiger partial charge in [0.1, 0.15) is 5.82 Å². The third kappa shape index (κ3) is 4.04. The van der Waals surface area contributed by atoms with Crippen LogP contribution in [0.15, 0.2) is 60.7 Å². The molecule has 28 heavy (non-hydrogen) atoms. The highest BCUT2D eigenvalue weighted by atomic mass is 15.3. The maximum Gasteiger partial charge on any atom is 0.229 e. The van der Waals surface area contributed by atoms with E-state index in [0.29, 0.717) is 11.5 Å². The molecule has 1 fully saturated rings. The molecule has 0 atom stereocenters. The van der Waals surface area contributed by atoms with Gasteiger partial charge in [-0.2, -0.15) is 10.2 Å². The molecule has 6 nitrogen and oxygen atoms in total. The SMILES string of the molecule is Cc1cc(N2CCN(c3ccccc3)CC2)nc(Nc2ccc(C#N)cc2)n1. The van der Waals surface area contributed by atoms with E-state index in [1.54, 1.807) is 12.1 Å². The molecule has 0 bridgehead atoms. The molecule has 2 aromatic carbocycles. The van der Waals surface area contributed by atoms with Gasteiger partial charge in [-0.05, 0) is 43.3 Å². The van der Waals surface area contributed by atoms with Crippen molar-refractivity contribution >= 4 is 23.1 Å². The lowest BCUT2D eigenvalue weighted by Gasteiger charge is -2.36. The summed E-state index contributed by atoms with van der Waals surface area (Å²) < 4.78 is 0. The van der Waals surface area contributed by atoms with Crippen LogP contribution in [0, 0.1) is 18.3 Å². The first-order valence-corrected chi connectivity index (χ1v) is 9.39. The zero-order chi connectivity index (χ0) is 19.3. The summed E-state index contributed by atoms with van der Waals surface area (Å²) >= 11 is 0. The van der Waals surface area contributed by atoms with Crippen LogP contribution in [0.1, 0.15) is 11.3 Å². The fourth-order valence-corrected chi connectivity index (χ4v) is 3.36. The second kappa shape index (κ2) is 7.97. The Kier molecular flexibility index (Phi) is 5.07. The van der Waals surface area contributed by atoms with E-state index in [9.17, 15) is 0 Å². The topological polar surface area (TPSA) is 68.1 Å². The number of anilines is 4. The first-order chi connectivity index (χ1) is 13.7. The summed E-state index contributed by atoms with van der Waals surface area (Å²) in [6.45, 7) is 5.75.